The van der Waals surface area contributed by atoms with Gasteiger partial charge in [0.15, 0.2) is 0 Å². The summed E-state index contributed by atoms with van der Waals surface area (Å²) in [5.74, 6) is -0.0193. The standard InChI is InChI=1S/C10H15NO4S3/c1-7-8(6-9(12)13)17-10(11-7)16-4-3-5-18(2,14)15/h3-6H2,1-2H3,(H,12,13). The van der Waals surface area contributed by atoms with Gasteiger partial charge in [-0.3, -0.25) is 4.79 Å². The van der Waals surface area contributed by atoms with E-state index in [-0.39, 0.29) is 12.2 Å². The van der Waals surface area contributed by atoms with Crippen LogP contribution in [0.1, 0.15) is 17.0 Å². The molecule has 102 valence electrons. The smallest absolute Gasteiger partial charge is 0.308 e. The Kier molecular flexibility index (Phi) is 5.61. The number of thiazole rings is 1. The molecule has 8 heteroatoms. The number of aryl methyl sites for hydroxylation is 1. The summed E-state index contributed by atoms with van der Waals surface area (Å²) in [7, 11) is -2.91. The van der Waals surface area contributed by atoms with Crippen LogP contribution in [0.15, 0.2) is 4.34 Å². The molecule has 1 aromatic heterocycles. The predicted octanol–water partition coefficient (Wildman–Crippen LogP) is 1.61. The summed E-state index contributed by atoms with van der Waals surface area (Å²) in [6, 6.07) is 0. The summed E-state index contributed by atoms with van der Waals surface area (Å²) in [6.45, 7) is 1.79. The summed E-state index contributed by atoms with van der Waals surface area (Å²) in [5, 5.41) is 8.71. The van der Waals surface area contributed by atoms with Crippen LogP contribution in [0.4, 0.5) is 0 Å². The van der Waals surface area contributed by atoms with Crippen LogP contribution >= 0.6 is 23.1 Å². The second-order valence-corrected chi connectivity index (χ2v) is 8.58. The quantitative estimate of drug-likeness (QED) is 0.608. The maximum Gasteiger partial charge on any atom is 0.308 e. The molecule has 0 fully saturated rings. The first-order chi connectivity index (χ1) is 8.28. The van der Waals surface area contributed by atoms with Crippen LogP contribution in [0.25, 0.3) is 0 Å². The Hall–Kier alpha value is -0.600. The highest BCUT2D eigenvalue weighted by molar-refractivity contribution is 8.01. The van der Waals surface area contributed by atoms with Gasteiger partial charge in [-0.2, -0.15) is 0 Å². The van der Waals surface area contributed by atoms with Crippen molar-refractivity contribution in [1.82, 2.24) is 4.98 Å². The number of hydrogen-bond donors (Lipinski definition) is 1. The van der Waals surface area contributed by atoms with Crippen LogP contribution in [-0.4, -0.2) is 42.2 Å². The molecule has 0 amide bonds. The lowest BCUT2D eigenvalue weighted by Gasteiger charge is -1.96. The maximum absolute atomic E-state index is 10.9. The average molecular weight is 309 g/mol. The first kappa shape index (κ1) is 15.5. The second kappa shape index (κ2) is 6.53. The number of carbonyl (C=O) groups is 1. The molecular formula is C10H15NO4S3. The first-order valence-corrected chi connectivity index (χ1v) is 9.13. The lowest BCUT2D eigenvalue weighted by molar-refractivity contribution is -0.136. The molecule has 0 saturated heterocycles. The van der Waals surface area contributed by atoms with E-state index >= 15 is 0 Å². The molecule has 1 N–H and O–H groups in total. The predicted molar refractivity (Wildman–Crippen MR) is 73.2 cm³/mol. The number of carboxylic acids is 1. The normalized spacial score (nSPS) is 11.7. The first-order valence-electron chi connectivity index (χ1n) is 5.26. The van der Waals surface area contributed by atoms with Crippen LogP contribution in [0.5, 0.6) is 0 Å². The monoisotopic (exact) mass is 309 g/mol. The van der Waals surface area contributed by atoms with Crippen LogP contribution in [-0.2, 0) is 21.1 Å². The zero-order chi connectivity index (χ0) is 13.8. The fourth-order valence-corrected chi connectivity index (χ4v) is 4.33. The Morgan fingerprint density at radius 1 is 1.50 bits per heavy atom. The molecule has 0 unspecified atom stereocenters. The Morgan fingerprint density at radius 3 is 2.72 bits per heavy atom. The molecule has 5 nitrogen and oxygen atoms in total. The molecule has 0 atom stereocenters. The minimum atomic E-state index is -2.91. The molecule has 1 aromatic rings. The number of nitrogens with zero attached hydrogens (tertiary/aromatic N) is 1. The zero-order valence-corrected chi connectivity index (χ0v) is 12.6. The molecule has 1 rings (SSSR count). The fourth-order valence-electron chi connectivity index (χ4n) is 1.25. The van der Waals surface area contributed by atoms with Crippen molar-refractivity contribution in [2.45, 2.75) is 24.1 Å². The zero-order valence-electron chi connectivity index (χ0n) is 10.2. The third-order valence-electron chi connectivity index (χ3n) is 2.07. The summed E-state index contributed by atoms with van der Waals surface area (Å²) < 4.78 is 22.7. The average Bonchev–Trinajstić information content (AvgIpc) is 2.52. The minimum absolute atomic E-state index is 0.00655. The van der Waals surface area contributed by atoms with E-state index < -0.39 is 15.8 Å². The van der Waals surface area contributed by atoms with E-state index in [2.05, 4.69) is 4.98 Å². The van der Waals surface area contributed by atoms with Crippen molar-refractivity contribution in [1.29, 1.82) is 0 Å². The van der Waals surface area contributed by atoms with E-state index in [1.54, 1.807) is 6.92 Å². The van der Waals surface area contributed by atoms with E-state index in [0.717, 1.165) is 14.9 Å². The van der Waals surface area contributed by atoms with E-state index in [1.165, 1.54) is 29.4 Å². The molecule has 0 aliphatic heterocycles. The van der Waals surface area contributed by atoms with Crippen molar-refractivity contribution in [2.75, 3.05) is 17.8 Å². The van der Waals surface area contributed by atoms with Gasteiger partial charge in [-0.05, 0) is 13.3 Å². The van der Waals surface area contributed by atoms with E-state index in [4.69, 9.17) is 5.11 Å². The Morgan fingerprint density at radius 2 is 2.17 bits per heavy atom. The lowest BCUT2D eigenvalue weighted by atomic mass is 10.3. The Bertz CT molecular complexity index is 521. The second-order valence-electron chi connectivity index (χ2n) is 3.89. The van der Waals surface area contributed by atoms with Crippen molar-refractivity contribution >= 4 is 38.9 Å². The van der Waals surface area contributed by atoms with Crippen molar-refractivity contribution in [3.05, 3.63) is 10.6 Å². The largest absolute Gasteiger partial charge is 0.481 e. The number of hydrogen-bond acceptors (Lipinski definition) is 6. The van der Waals surface area contributed by atoms with Crippen molar-refractivity contribution in [3.63, 3.8) is 0 Å². The van der Waals surface area contributed by atoms with Gasteiger partial charge in [-0.1, -0.05) is 11.8 Å². The summed E-state index contributed by atoms with van der Waals surface area (Å²) >= 11 is 2.84. The van der Waals surface area contributed by atoms with Crippen LogP contribution < -0.4 is 0 Å². The van der Waals surface area contributed by atoms with Crippen molar-refractivity contribution in [3.8, 4) is 0 Å². The van der Waals surface area contributed by atoms with Crippen molar-refractivity contribution < 1.29 is 18.3 Å². The van der Waals surface area contributed by atoms with Crippen LogP contribution in [0, 0.1) is 6.92 Å². The summed E-state index contributed by atoms with van der Waals surface area (Å²) in [4.78, 5) is 15.6. The Labute approximate surface area is 115 Å². The van der Waals surface area contributed by atoms with Gasteiger partial charge < -0.3 is 5.11 Å². The molecule has 0 aliphatic carbocycles. The van der Waals surface area contributed by atoms with Crippen molar-refractivity contribution in [2.24, 2.45) is 0 Å². The minimum Gasteiger partial charge on any atom is -0.481 e. The third kappa shape index (κ3) is 5.83. The van der Waals surface area contributed by atoms with Gasteiger partial charge in [-0.15, -0.1) is 11.3 Å². The third-order valence-corrected chi connectivity index (χ3v) is 5.49. The van der Waals surface area contributed by atoms with Gasteiger partial charge >= 0.3 is 5.97 Å². The number of aromatic nitrogens is 1. The van der Waals surface area contributed by atoms with Crippen LogP contribution in [0.2, 0.25) is 0 Å². The molecule has 18 heavy (non-hydrogen) atoms. The van der Waals surface area contributed by atoms with Gasteiger partial charge in [0.25, 0.3) is 0 Å². The molecule has 0 radical (unpaired) electrons. The molecule has 0 saturated carbocycles. The highest BCUT2D eigenvalue weighted by Gasteiger charge is 2.11. The van der Waals surface area contributed by atoms with Gasteiger partial charge in [0, 0.05) is 16.9 Å². The van der Waals surface area contributed by atoms with Gasteiger partial charge in [0.2, 0.25) is 0 Å². The highest BCUT2D eigenvalue weighted by Crippen LogP contribution is 2.28. The lowest BCUT2D eigenvalue weighted by Crippen LogP contribution is -2.03. The number of sulfone groups is 1. The number of aliphatic carboxylic acids is 1. The van der Waals surface area contributed by atoms with E-state index in [9.17, 15) is 13.2 Å². The highest BCUT2D eigenvalue weighted by atomic mass is 32.2. The van der Waals surface area contributed by atoms with Gasteiger partial charge in [-0.25, -0.2) is 13.4 Å². The van der Waals surface area contributed by atoms with Crippen LogP contribution in [0.3, 0.4) is 0 Å². The molecule has 0 aromatic carbocycles. The number of rotatable bonds is 7. The SMILES string of the molecule is Cc1nc(SCCCS(C)(=O)=O)sc1CC(=O)O. The Balaban J connectivity index is 2.46. The molecular weight excluding hydrogens is 294 g/mol. The maximum atomic E-state index is 10.9. The van der Waals surface area contributed by atoms with E-state index in [1.807, 2.05) is 0 Å². The van der Waals surface area contributed by atoms with E-state index in [0.29, 0.717) is 12.2 Å². The molecule has 0 aliphatic rings. The summed E-state index contributed by atoms with van der Waals surface area (Å²) in [5.41, 5.74) is 0.744. The number of carboxylic acid groups (broad SMARTS) is 1. The fraction of sp³-hybridized carbons (Fsp3) is 0.600. The molecule has 0 spiro atoms. The summed E-state index contributed by atoms with van der Waals surface area (Å²) in [6.07, 6.45) is 1.79. The van der Waals surface area contributed by atoms with Gasteiger partial charge in [0.1, 0.15) is 14.2 Å². The molecule has 1 heterocycles. The van der Waals surface area contributed by atoms with Gasteiger partial charge in [0.05, 0.1) is 17.9 Å². The molecule has 0 bridgehead atoms. The topological polar surface area (TPSA) is 84.3 Å². The number of thioether (sulfide) groups is 1.